The van der Waals surface area contributed by atoms with Gasteiger partial charge in [0.15, 0.2) is 10.8 Å². The highest BCUT2D eigenvalue weighted by molar-refractivity contribution is 7.80. The predicted octanol–water partition coefficient (Wildman–Crippen LogP) is 4.45. The third-order valence-corrected chi connectivity index (χ3v) is 3.02. The number of hydrogen-bond donors (Lipinski definition) is 0. The standard InChI is InChI=1S/C14H17ClO2S/c1-2-3-9-17-14(18)8-7-13(16)11-5-4-6-12(15)10-11/h4-6,10H,2-3,7-9H2,1H3. The lowest BCUT2D eigenvalue weighted by molar-refractivity contribution is 0.0982. The average molecular weight is 285 g/mol. The minimum absolute atomic E-state index is 0.0407. The van der Waals surface area contributed by atoms with E-state index in [4.69, 9.17) is 28.6 Å². The van der Waals surface area contributed by atoms with Crippen LogP contribution in [0.25, 0.3) is 0 Å². The molecule has 4 heteroatoms. The van der Waals surface area contributed by atoms with Gasteiger partial charge in [-0.15, -0.1) is 0 Å². The summed E-state index contributed by atoms with van der Waals surface area (Å²) in [6.45, 7) is 2.73. The van der Waals surface area contributed by atoms with Crippen LogP contribution in [0.1, 0.15) is 43.0 Å². The quantitative estimate of drug-likeness (QED) is 0.420. The van der Waals surface area contributed by atoms with Gasteiger partial charge in [-0.2, -0.15) is 0 Å². The van der Waals surface area contributed by atoms with Gasteiger partial charge < -0.3 is 4.74 Å². The number of hydrogen-bond acceptors (Lipinski definition) is 3. The maximum absolute atomic E-state index is 11.9. The molecule has 1 aromatic carbocycles. The number of carbonyl (C=O) groups is 1. The third kappa shape index (κ3) is 5.61. The molecule has 1 aromatic rings. The topological polar surface area (TPSA) is 26.3 Å². The van der Waals surface area contributed by atoms with Gasteiger partial charge in [0.05, 0.1) is 6.61 Å². The van der Waals surface area contributed by atoms with E-state index >= 15 is 0 Å². The molecule has 1 rings (SSSR count). The van der Waals surface area contributed by atoms with Crippen LogP contribution in [0.4, 0.5) is 0 Å². The molecule has 0 atom stereocenters. The van der Waals surface area contributed by atoms with Crippen molar-refractivity contribution in [3.63, 3.8) is 0 Å². The SMILES string of the molecule is CCCCOC(=S)CCC(=O)c1cccc(Cl)c1. The Hall–Kier alpha value is -0.930. The van der Waals surface area contributed by atoms with Gasteiger partial charge in [0, 0.05) is 23.4 Å². The summed E-state index contributed by atoms with van der Waals surface area (Å²) in [6.07, 6.45) is 2.92. The predicted molar refractivity (Wildman–Crippen MR) is 78.5 cm³/mol. The van der Waals surface area contributed by atoms with E-state index < -0.39 is 0 Å². The second-order valence-corrected chi connectivity index (χ2v) is 4.90. The fourth-order valence-corrected chi connectivity index (χ4v) is 1.80. The number of halogens is 1. The summed E-state index contributed by atoms with van der Waals surface area (Å²) < 4.78 is 5.35. The van der Waals surface area contributed by atoms with Crippen molar-refractivity contribution in [3.05, 3.63) is 34.9 Å². The average Bonchev–Trinajstić information content (AvgIpc) is 2.36. The van der Waals surface area contributed by atoms with Crippen LogP contribution in [0.15, 0.2) is 24.3 Å². The van der Waals surface area contributed by atoms with Gasteiger partial charge in [0.2, 0.25) is 0 Å². The van der Waals surface area contributed by atoms with Gasteiger partial charge >= 0.3 is 0 Å². The maximum atomic E-state index is 11.9. The molecular formula is C14H17ClO2S. The number of rotatable bonds is 7. The normalized spacial score (nSPS) is 10.1. The Balaban J connectivity index is 2.35. The van der Waals surface area contributed by atoms with Gasteiger partial charge in [-0.05, 0) is 30.8 Å². The highest BCUT2D eigenvalue weighted by Gasteiger charge is 2.08. The molecule has 0 aliphatic rings. The molecule has 18 heavy (non-hydrogen) atoms. The van der Waals surface area contributed by atoms with Crippen LogP contribution in [0, 0.1) is 0 Å². The van der Waals surface area contributed by atoms with E-state index in [1.165, 1.54) is 0 Å². The Kier molecular flexibility index (Phi) is 6.91. The van der Waals surface area contributed by atoms with Crippen LogP contribution in [0.5, 0.6) is 0 Å². The number of thiocarbonyl (C=S) groups is 1. The minimum Gasteiger partial charge on any atom is -0.487 e. The van der Waals surface area contributed by atoms with Crippen molar-refractivity contribution in [2.24, 2.45) is 0 Å². The van der Waals surface area contributed by atoms with E-state index in [1.54, 1.807) is 24.3 Å². The van der Waals surface area contributed by atoms with Crippen LogP contribution in [-0.4, -0.2) is 17.4 Å². The van der Waals surface area contributed by atoms with Gasteiger partial charge in [0.1, 0.15) is 0 Å². The molecule has 0 bridgehead atoms. The molecule has 98 valence electrons. The van der Waals surface area contributed by atoms with Crippen LogP contribution in [-0.2, 0) is 4.74 Å². The number of ether oxygens (including phenoxy) is 1. The van der Waals surface area contributed by atoms with E-state index in [9.17, 15) is 4.79 Å². The Morgan fingerprint density at radius 2 is 2.17 bits per heavy atom. The molecule has 0 saturated carbocycles. The largest absolute Gasteiger partial charge is 0.487 e. The molecule has 0 heterocycles. The molecule has 0 radical (unpaired) electrons. The van der Waals surface area contributed by atoms with Crippen molar-refractivity contribution < 1.29 is 9.53 Å². The zero-order valence-corrected chi connectivity index (χ0v) is 12.0. The zero-order chi connectivity index (χ0) is 13.4. The highest BCUT2D eigenvalue weighted by atomic mass is 35.5. The summed E-state index contributed by atoms with van der Waals surface area (Å²) in [5.41, 5.74) is 0.624. The fraction of sp³-hybridized carbons (Fsp3) is 0.429. The van der Waals surface area contributed by atoms with Gasteiger partial charge in [-0.25, -0.2) is 0 Å². The molecule has 0 fully saturated rings. The van der Waals surface area contributed by atoms with Crippen molar-refractivity contribution in [3.8, 4) is 0 Å². The maximum Gasteiger partial charge on any atom is 0.163 e. The van der Waals surface area contributed by atoms with E-state index in [0.29, 0.717) is 35.1 Å². The van der Waals surface area contributed by atoms with Gasteiger partial charge in [0.25, 0.3) is 0 Å². The first kappa shape index (κ1) is 15.1. The highest BCUT2D eigenvalue weighted by Crippen LogP contribution is 2.13. The van der Waals surface area contributed by atoms with E-state index in [1.807, 2.05) is 0 Å². The summed E-state index contributed by atoms with van der Waals surface area (Å²) in [5.74, 6) is 0.0407. The third-order valence-electron chi connectivity index (χ3n) is 2.46. The summed E-state index contributed by atoms with van der Waals surface area (Å²) in [6, 6.07) is 6.95. The second kappa shape index (κ2) is 8.22. The number of carbonyl (C=O) groups excluding carboxylic acids is 1. The lowest BCUT2D eigenvalue weighted by atomic mass is 10.1. The fourth-order valence-electron chi connectivity index (χ4n) is 1.42. The lowest BCUT2D eigenvalue weighted by Gasteiger charge is -2.06. The van der Waals surface area contributed by atoms with Crippen molar-refractivity contribution in [1.82, 2.24) is 0 Å². The molecule has 0 aliphatic carbocycles. The monoisotopic (exact) mass is 284 g/mol. The summed E-state index contributed by atoms with van der Waals surface area (Å²) in [4.78, 5) is 11.9. The van der Waals surface area contributed by atoms with Crippen LogP contribution < -0.4 is 0 Å². The molecular weight excluding hydrogens is 268 g/mol. The second-order valence-electron chi connectivity index (χ2n) is 4.01. The molecule has 0 spiro atoms. The first-order valence-corrected chi connectivity index (χ1v) is 6.86. The molecule has 0 amide bonds. The number of ketones is 1. The Morgan fingerprint density at radius 3 is 2.83 bits per heavy atom. The summed E-state index contributed by atoms with van der Waals surface area (Å²) >= 11 is 10.9. The van der Waals surface area contributed by atoms with Crippen molar-refractivity contribution in [1.29, 1.82) is 0 Å². The van der Waals surface area contributed by atoms with Crippen LogP contribution >= 0.6 is 23.8 Å². The molecule has 0 saturated heterocycles. The van der Waals surface area contributed by atoms with E-state index in [-0.39, 0.29) is 5.78 Å². The summed E-state index contributed by atoms with van der Waals surface area (Å²) in [7, 11) is 0. The number of unbranched alkanes of at least 4 members (excludes halogenated alkanes) is 1. The first-order valence-electron chi connectivity index (χ1n) is 6.08. The van der Waals surface area contributed by atoms with Crippen molar-refractivity contribution >= 4 is 34.7 Å². The molecule has 0 aromatic heterocycles. The first-order chi connectivity index (χ1) is 8.63. The minimum atomic E-state index is 0.0407. The van der Waals surface area contributed by atoms with Gasteiger partial charge in [-0.3, -0.25) is 4.79 Å². The Morgan fingerprint density at radius 1 is 1.39 bits per heavy atom. The smallest absolute Gasteiger partial charge is 0.163 e. The molecule has 2 nitrogen and oxygen atoms in total. The number of benzene rings is 1. The van der Waals surface area contributed by atoms with Gasteiger partial charge in [-0.1, -0.05) is 37.1 Å². The van der Waals surface area contributed by atoms with Crippen LogP contribution in [0.3, 0.4) is 0 Å². The Bertz CT molecular complexity index is 418. The Labute approximate surface area is 118 Å². The van der Waals surface area contributed by atoms with E-state index in [0.717, 1.165) is 12.8 Å². The van der Waals surface area contributed by atoms with Crippen molar-refractivity contribution in [2.75, 3.05) is 6.61 Å². The molecule has 0 N–H and O–H groups in total. The molecule has 0 aliphatic heterocycles. The van der Waals surface area contributed by atoms with Crippen LogP contribution in [0.2, 0.25) is 5.02 Å². The summed E-state index contributed by atoms with van der Waals surface area (Å²) in [5, 5.41) is 1.08. The lowest BCUT2D eigenvalue weighted by Crippen LogP contribution is -2.07. The number of Topliss-reactive ketones (excluding diaryl/α,β-unsaturated/α-hetero) is 1. The zero-order valence-electron chi connectivity index (χ0n) is 10.4. The molecule has 0 unspecified atom stereocenters. The van der Waals surface area contributed by atoms with Crippen molar-refractivity contribution in [2.45, 2.75) is 32.6 Å². The van der Waals surface area contributed by atoms with E-state index in [2.05, 4.69) is 6.92 Å².